The monoisotopic (exact) mass is 297 g/mol. The van der Waals surface area contributed by atoms with Gasteiger partial charge in [-0.05, 0) is 36.1 Å². The molecule has 1 aromatic rings. The lowest BCUT2D eigenvalue weighted by Crippen LogP contribution is -2.41. The predicted molar refractivity (Wildman–Crippen MR) is 79.0 cm³/mol. The molecule has 1 atom stereocenters. The summed E-state index contributed by atoms with van der Waals surface area (Å²) in [7, 11) is 1.60. The van der Waals surface area contributed by atoms with E-state index in [0.29, 0.717) is 24.3 Å². The number of rotatable bonds is 8. The maximum atomic E-state index is 12.0. The van der Waals surface area contributed by atoms with Crippen LogP contribution in [0.25, 0.3) is 0 Å². The van der Waals surface area contributed by atoms with Crippen LogP contribution in [0.3, 0.4) is 0 Å². The van der Waals surface area contributed by atoms with Gasteiger partial charge in [-0.1, -0.05) is 12.1 Å². The topological polar surface area (TPSA) is 75.6 Å². The number of carbonyl (C=O) groups excluding carboxylic acids is 1. The van der Waals surface area contributed by atoms with E-state index in [0.717, 1.165) is 5.56 Å². The summed E-state index contributed by atoms with van der Waals surface area (Å²) < 4.78 is 4.99. The van der Waals surface area contributed by atoms with Gasteiger partial charge in [-0.2, -0.15) is 11.8 Å². The normalized spacial score (nSPS) is 11.9. The molecule has 0 aliphatic carbocycles. The highest BCUT2D eigenvalue weighted by Gasteiger charge is 2.19. The molecule has 1 rings (SSSR count). The minimum atomic E-state index is -1.01. The Hall–Kier alpha value is -1.53. The van der Waals surface area contributed by atoms with Crippen molar-refractivity contribution in [2.45, 2.75) is 19.1 Å². The van der Waals surface area contributed by atoms with Crippen LogP contribution in [0.4, 0.5) is 0 Å². The fourth-order valence-corrected chi connectivity index (χ4v) is 2.13. The van der Waals surface area contributed by atoms with Gasteiger partial charge in [-0.15, -0.1) is 0 Å². The molecule has 0 aromatic heterocycles. The molecular weight excluding hydrogens is 278 g/mol. The van der Waals surface area contributed by atoms with E-state index in [4.69, 9.17) is 9.84 Å². The molecule has 0 saturated carbocycles. The maximum absolute atomic E-state index is 12.0. The number of ether oxygens (including phenoxy) is 1. The van der Waals surface area contributed by atoms with Crippen LogP contribution in [0.5, 0.6) is 0 Å². The van der Waals surface area contributed by atoms with Gasteiger partial charge in [0.25, 0.3) is 5.91 Å². The van der Waals surface area contributed by atoms with Crippen LogP contribution in [0.2, 0.25) is 0 Å². The second kappa shape index (κ2) is 8.60. The first-order valence-electron chi connectivity index (χ1n) is 6.19. The van der Waals surface area contributed by atoms with Crippen molar-refractivity contribution in [1.82, 2.24) is 5.32 Å². The number of hydrogen-bond donors (Lipinski definition) is 2. The van der Waals surface area contributed by atoms with E-state index in [1.165, 1.54) is 0 Å². The molecule has 0 saturated heterocycles. The van der Waals surface area contributed by atoms with Gasteiger partial charge in [0.15, 0.2) is 0 Å². The molecule has 5 nitrogen and oxygen atoms in total. The Balaban J connectivity index is 2.65. The van der Waals surface area contributed by atoms with E-state index in [2.05, 4.69) is 5.32 Å². The zero-order valence-electron chi connectivity index (χ0n) is 11.6. The van der Waals surface area contributed by atoms with Crippen LogP contribution in [0, 0.1) is 0 Å². The van der Waals surface area contributed by atoms with Crippen molar-refractivity contribution >= 4 is 23.6 Å². The van der Waals surface area contributed by atoms with E-state index in [-0.39, 0.29) is 5.91 Å². The third kappa shape index (κ3) is 5.22. The van der Waals surface area contributed by atoms with Gasteiger partial charge in [0, 0.05) is 12.7 Å². The summed E-state index contributed by atoms with van der Waals surface area (Å²) >= 11 is 1.55. The highest BCUT2D eigenvalue weighted by Crippen LogP contribution is 2.07. The molecule has 110 valence electrons. The number of nitrogens with one attached hydrogen (secondary N) is 1. The van der Waals surface area contributed by atoms with Crippen molar-refractivity contribution < 1.29 is 19.4 Å². The lowest BCUT2D eigenvalue weighted by Gasteiger charge is -2.14. The van der Waals surface area contributed by atoms with Crippen LogP contribution in [-0.4, -0.2) is 42.1 Å². The molecule has 1 aromatic carbocycles. The quantitative estimate of drug-likeness (QED) is 0.765. The summed E-state index contributed by atoms with van der Waals surface area (Å²) in [6, 6.07) is 6.05. The van der Waals surface area contributed by atoms with E-state index in [9.17, 15) is 9.59 Å². The number of benzene rings is 1. The predicted octanol–water partition coefficient (Wildman–Crippen LogP) is 1.77. The van der Waals surface area contributed by atoms with Gasteiger partial charge in [-0.3, -0.25) is 4.79 Å². The Bertz CT molecular complexity index is 447. The van der Waals surface area contributed by atoms with Gasteiger partial charge >= 0.3 is 5.97 Å². The Morgan fingerprint density at radius 3 is 2.50 bits per heavy atom. The van der Waals surface area contributed by atoms with Crippen LogP contribution in [-0.2, 0) is 16.1 Å². The summed E-state index contributed by atoms with van der Waals surface area (Å²) in [5, 5.41) is 11.6. The molecule has 0 aliphatic rings. The number of hydrogen-bond acceptors (Lipinski definition) is 4. The summed E-state index contributed by atoms with van der Waals surface area (Å²) in [4.78, 5) is 23.1. The van der Waals surface area contributed by atoms with Crippen molar-refractivity contribution in [2.24, 2.45) is 0 Å². The van der Waals surface area contributed by atoms with Crippen LogP contribution in [0.15, 0.2) is 24.3 Å². The first-order chi connectivity index (χ1) is 9.58. The van der Waals surface area contributed by atoms with Gasteiger partial charge in [0.2, 0.25) is 0 Å². The minimum Gasteiger partial charge on any atom is -0.480 e. The first-order valence-corrected chi connectivity index (χ1v) is 7.58. The van der Waals surface area contributed by atoms with Gasteiger partial charge in [0.05, 0.1) is 6.61 Å². The third-order valence-electron chi connectivity index (χ3n) is 2.74. The number of carbonyl (C=O) groups is 2. The van der Waals surface area contributed by atoms with Crippen molar-refractivity contribution in [3.8, 4) is 0 Å². The fraction of sp³-hybridized carbons (Fsp3) is 0.429. The Morgan fingerprint density at radius 2 is 2.00 bits per heavy atom. The van der Waals surface area contributed by atoms with E-state index < -0.39 is 12.0 Å². The zero-order chi connectivity index (χ0) is 15.0. The smallest absolute Gasteiger partial charge is 0.326 e. The summed E-state index contributed by atoms with van der Waals surface area (Å²) in [5.74, 6) is -0.699. The number of aliphatic carboxylic acids is 1. The number of amides is 1. The average Bonchev–Trinajstić information content (AvgIpc) is 2.44. The molecule has 0 spiro atoms. The molecule has 0 unspecified atom stereocenters. The Morgan fingerprint density at radius 1 is 1.35 bits per heavy atom. The number of methoxy groups -OCH3 is 1. The molecule has 0 fully saturated rings. The highest BCUT2D eigenvalue weighted by molar-refractivity contribution is 7.98. The molecule has 1 amide bonds. The second-order valence-corrected chi connectivity index (χ2v) is 5.26. The average molecular weight is 297 g/mol. The molecule has 0 radical (unpaired) electrons. The molecule has 20 heavy (non-hydrogen) atoms. The highest BCUT2D eigenvalue weighted by atomic mass is 32.2. The minimum absolute atomic E-state index is 0.373. The van der Waals surface area contributed by atoms with Gasteiger partial charge in [0.1, 0.15) is 6.04 Å². The molecule has 6 heteroatoms. The van der Waals surface area contributed by atoms with Crippen LogP contribution in [0.1, 0.15) is 22.3 Å². The third-order valence-corrected chi connectivity index (χ3v) is 3.39. The van der Waals surface area contributed by atoms with E-state index in [1.54, 1.807) is 43.1 Å². The second-order valence-electron chi connectivity index (χ2n) is 4.28. The number of thioether (sulfide) groups is 1. The first kappa shape index (κ1) is 16.5. The lowest BCUT2D eigenvalue weighted by atomic mass is 10.1. The number of carboxylic acids is 1. The summed E-state index contributed by atoms with van der Waals surface area (Å²) in [6.07, 6.45) is 2.30. The summed E-state index contributed by atoms with van der Waals surface area (Å²) in [6.45, 7) is 0.480. The Labute approximate surface area is 122 Å². The van der Waals surface area contributed by atoms with E-state index in [1.807, 2.05) is 6.26 Å². The fourth-order valence-electron chi connectivity index (χ4n) is 1.65. The lowest BCUT2D eigenvalue weighted by molar-refractivity contribution is -0.139. The molecule has 0 heterocycles. The zero-order valence-corrected chi connectivity index (χ0v) is 12.4. The molecular formula is C14H19NO4S. The van der Waals surface area contributed by atoms with Gasteiger partial charge < -0.3 is 15.2 Å². The van der Waals surface area contributed by atoms with Crippen LogP contribution >= 0.6 is 11.8 Å². The van der Waals surface area contributed by atoms with Crippen LogP contribution < -0.4 is 5.32 Å². The molecule has 0 bridgehead atoms. The standard InChI is InChI=1S/C14H19NO4S/c1-19-9-10-3-5-11(6-4-10)13(16)15-12(14(17)18)7-8-20-2/h3-6,12H,7-9H2,1-2H3,(H,15,16)(H,17,18)/t12-/m0/s1. The van der Waals surface area contributed by atoms with E-state index >= 15 is 0 Å². The number of carboxylic acid groups (broad SMARTS) is 1. The van der Waals surface area contributed by atoms with Crippen molar-refractivity contribution in [3.05, 3.63) is 35.4 Å². The maximum Gasteiger partial charge on any atom is 0.326 e. The molecule has 2 N–H and O–H groups in total. The summed E-state index contributed by atoms with van der Waals surface area (Å²) in [5.41, 5.74) is 1.40. The molecule has 0 aliphatic heterocycles. The van der Waals surface area contributed by atoms with Crippen molar-refractivity contribution in [3.63, 3.8) is 0 Å². The van der Waals surface area contributed by atoms with Gasteiger partial charge in [-0.25, -0.2) is 4.79 Å². The Kier molecular flexibility index (Phi) is 7.11. The van der Waals surface area contributed by atoms with Crippen molar-refractivity contribution in [2.75, 3.05) is 19.1 Å². The van der Waals surface area contributed by atoms with Crippen molar-refractivity contribution in [1.29, 1.82) is 0 Å². The largest absolute Gasteiger partial charge is 0.480 e. The SMILES string of the molecule is COCc1ccc(C(=O)N[C@@H](CCSC)C(=O)O)cc1.